The summed E-state index contributed by atoms with van der Waals surface area (Å²) in [5.41, 5.74) is 0.980. The number of benzene rings is 1. The van der Waals surface area contributed by atoms with E-state index in [2.05, 4.69) is 4.98 Å². The van der Waals surface area contributed by atoms with Gasteiger partial charge in [-0.15, -0.1) is 0 Å². The summed E-state index contributed by atoms with van der Waals surface area (Å²) in [6.07, 6.45) is 3.26. The van der Waals surface area contributed by atoms with Gasteiger partial charge in [-0.25, -0.2) is 4.98 Å². The highest BCUT2D eigenvalue weighted by atomic mass is 35.5. The van der Waals surface area contributed by atoms with Crippen molar-refractivity contribution >= 4 is 34.9 Å². The molecule has 0 radical (unpaired) electrons. The lowest BCUT2D eigenvalue weighted by Gasteiger charge is -2.28. The molecule has 0 saturated heterocycles. The van der Waals surface area contributed by atoms with Gasteiger partial charge in [-0.3, -0.25) is 5.06 Å². The van der Waals surface area contributed by atoms with Crippen molar-refractivity contribution in [2.75, 3.05) is 11.9 Å². The van der Waals surface area contributed by atoms with Gasteiger partial charge < -0.3 is 10.1 Å². The number of rotatable bonds is 2. The van der Waals surface area contributed by atoms with Crippen molar-refractivity contribution in [2.45, 2.75) is 4.90 Å². The average Bonchev–Trinajstić information content (AvgIpc) is 2.47. The molecular weight excluding hydrogens is 294 g/mol. The molecule has 102 valence electrons. The fourth-order valence-corrected chi connectivity index (χ4v) is 3.09. The van der Waals surface area contributed by atoms with E-state index >= 15 is 0 Å². The van der Waals surface area contributed by atoms with Crippen LogP contribution in [0.1, 0.15) is 0 Å². The second kappa shape index (κ2) is 5.46. The van der Waals surface area contributed by atoms with Crippen LogP contribution in [0.2, 0.25) is 5.02 Å². The highest BCUT2D eigenvalue weighted by molar-refractivity contribution is 8.03. The first-order valence-electron chi connectivity index (χ1n) is 6.03. The molecule has 0 spiro atoms. The molecule has 4 nitrogen and oxygen atoms in total. The van der Waals surface area contributed by atoms with Gasteiger partial charge in [0, 0.05) is 24.0 Å². The maximum atomic E-state index is 12.1. The molecule has 1 aliphatic heterocycles. The van der Waals surface area contributed by atoms with Crippen molar-refractivity contribution < 1.29 is 5.06 Å². The first kappa shape index (κ1) is 13.5. The lowest BCUT2D eigenvalue weighted by atomic mass is 10.3. The minimum atomic E-state index is -0.0600. The summed E-state index contributed by atoms with van der Waals surface area (Å²) in [5.74, 6) is 0.519. The highest BCUT2D eigenvalue weighted by Crippen LogP contribution is 2.35. The SMILES string of the molecule is CN(C1=C[NH+]([O-])c2ncccc2S1)c1ccc(Cl)cc1. The molecule has 3 rings (SSSR count). The number of halogens is 1. The number of fused-ring (bicyclic) bond motifs is 1. The van der Waals surface area contributed by atoms with E-state index in [1.54, 1.807) is 12.4 Å². The molecule has 1 aromatic carbocycles. The van der Waals surface area contributed by atoms with Gasteiger partial charge in [-0.1, -0.05) is 23.4 Å². The summed E-state index contributed by atoms with van der Waals surface area (Å²) >= 11 is 7.43. The predicted octanol–water partition coefficient (Wildman–Crippen LogP) is 2.79. The van der Waals surface area contributed by atoms with Crippen LogP contribution in [0.5, 0.6) is 0 Å². The second-order valence-corrected chi connectivity index (χ2v) is 5.83. The van der Waals surface area contributed by atoms with Crippen LogP contribution in [0.25, 0.3) is 0 Å². The van der Waals surface area contributed by atoms with Crippen LogP contribution >= 0.6 is 23.4 Å². The van der Waals surface area contributed by atoms with Crippen LogP contribution in [0, 0.1) is 5.21 Å². The van der Waals surface area contributed by atoms with Gasteiger partial charge in [0.1, 0.15) is 11.2 Å². The summed E-state index contributed by atoms with van der Waals surface area (Å²) in [5, 5.41) is 13.6. The standard InChI is InChI=1S/C14H12ClN3OS/c1-17(11-6-4-10(15)5-7-11)13-9-18(19)14-12(20-13)3-2-8-16-14/h2-9,18H,1H3. The molecule has 0 saturated carbocycles. The minimum absolute atomic E-state index is 0.0600. The van der Waals surface area contributed by atoms with Crippen molar-refractivity contribution in [3.05, 3.63) is 64.1 Å². The summed E-state index contributed by atoms with van der Waals surface area (Å²) in [6.45, 7) is 0. The Morgan fingerprint density at radius 1 is 1.25 bits per heavy atom. The van der Waals surface area contributed by atoms with Gasteiger partial charge in [-0.2, -0.15) is 0 Å². The van der Waals surface area contributed by atoms with Crippen LogP contribution in [0.3, 0.4) is 0 Å². The van der Waals surface area contributed by atoms with Gasteiger partial charge >= 0.3 is 0 Å². The average molecular weight is 306 g/mol. The molecule has 1 aromatic heterocycles. The molecule has 1 unspecified atom stereocenters. The zero-order valence-electron chi connectivity index (χ0n) is 10.7. The van der Waals surface area contributed by atoms with Crippen LogP contribution < -0.4 is 9.96 Å². The zero-order valence-corrected chi connectivity index (χ0v) is 12.3. The van der Waals surface area contributed by atoms with E-state index in [0.29, 0.717) is 10.8 Å². The summed E-state index contributed by atoms with van der Waals surface area (Å²) in [6, 6.07) is 11.3. The number of nitrogens with one attached hydrogen (secondary N) is 1. The monoisotopic (exact) mass is 305 g/mol. The predicted molar refractivity (Wildman–Crippen MR) is 82.0 cm³/mol. The molecule has 1 N–H and O–H groups in total. The van der Waals surface area contributed by atoms with E-state index in [1.165, 1.54) is 11.8 Å². The summed E-state index contributed by atoms with van der Waals surface area (Å²) in [4.78, 5) is 6.98. The fourth-order valence-electron chi connectivity index (χ4n) is 1.94. The Bertz CT molecular complexity index is 660. The number of nitrogens with zero attached hydrogens (tertiary/aromatic N) is 2. The molecule has 1 atom stereocenters. The Labute approximate surface area is 126 Å². The van der Waals surface area contributed by atoms with Crippen molar-refractivity contribution in [2.24, 2.45) is 0 Å². The van der Waals surface area contributed by atoms with Crippen molar-refractivity contribution in [3.63, 3.8) is 0 Å². The van der Waals surface area contributed by atoms with Gasteiger partial charge in [0.25, 0.3) is 0 Å². The van der Waals surface area contributed by atoms with Gasteiger partial charge in [0.2, 0.25) is 5.82 Å². The van der Waals surface area contributed by atoms with Gasteiger partial charge in [0.15, 0.2) is 0 Å². The van der Waals surface area contributed by atoms with Crippen LogP contribution in [-0.4, -0.2) is 12.0 Å². The number of pyridine rings is 1. The van der Waals surface area contributed by atoms with Crippen LogP contribution in [-0.2, 0) is 0 Å². The number of hydrogen-bond donors (Lipinski definition) is 1. The Hall–Kier alpha value is -1.53. The minimum Gasteiger partial charge on any atom is -0.623 e. The summed E-state index contributed by atoms with van der Waals surface area (Å²) < 4.78 is 0. The van der Waals surface area contributed by atoms with E-state index in [9.17, 15) is 5.21 Å². The molecule has 20 heavy (non-hydrogen) atoms. The van der Waals surface area contributed by atoms with E-state index in [0.717, 1.165) is 15.6 Å². The number of aromatic nitrogens is 1. The largest absolute Gasteiger partial charge is 0.623 e. The van der Waals surface area contributed by atoms with Gasteiger partial charge in [-0.05, 0) is 36.4 Å². The molecular formula is C14H12ClN3OS. The van der Waals surface area contributed by atoms with Gasteiger partial charge in [0.05, 0.1) is 4.90 Å². The number of thioether (sulfide) groups is 1. The third kappa shape index (κ3) is 2.53. The molecule has 0 bridgehead atoms. The van der Waals surface area contributed by atoms with Crippen molar-refractivity contribution in [1.82, 2.24) is 4.98 Å². The van der Waals surface area contributed by atoms with Crippen LogP contribution in [0.4, 0.5) is 11.5 Å². The van der Waals surface area contributed by atoms with Crippen molar-refractivity contribution in [3.8, 4) is 0 Å². The molecule has 2 aromatic rings. The normalized spacial score (nSPS) is 17.4. The summed E-state index contributed by atoms with van der Waals surface area (Å²) in [7, 11) is 1.93. The number of quaternary nitrogens is 1. The van der Waals surface area contributed by atoms with E-state index in [4.69, 9.17) is 11.6 Å². The second-order valence-electron chi connectivity index (χ2n) is 4.33. The Kier molecular flexibility index (Phi) is 3.67. The van der Waals surface area contributed by atoms with Crippen LogP contribution in [0.15, 0.2) is 58.7 Å². The number of anilines is 1. The molecule has 1 aliphatic rings. The first-order chi connectivity index (χ1) is 9.65. The maximum Gasteiger partial charge on any atom is 0.244 e. The topological polar surface area (TPSA) is 43.6 Å². The van der Waals surface area contributed by atoms with Crippen molar-refractivity contribution in [1.29, 1.82) is 0 Å². The maximum absolute atomic E-state index is 12.1. The van der Waals surface area contributed by atoms with E-state index in [1.807, 2.05) is 48.3 Å². The smallest absolute Gasteiger partial charge is 0.244 e. The quantitative estimate of drug-likeness (QED) is 0.867. The van der Waals surface area contributed by atoms with E-state index < -0.39 is 0 Å². The third-order valence-corrected chi connectivity index (χ3v) is 4.42. The molecule has 0 amide bonds. The zero-order chi connectivity index (χ0) is 14.1. The molecule has 0 fully saturated rings. The Balaban J connectivity index is 1.90. The molecule has 6 heteroatoms. The van der Waals surface area contributed by atoms with E-state index in [-0.39, 0.29) is 5.06 Å². The lowest BCUT2D eigenvalue weighted by Crippen LogP contribution is -2.98. The lowest BCUT2D eigenvalue weighted by molar-refractivity contribution is -0.720. The molecule has 2 heterocycles. The fraction of sp³-hybridized carbons (Fsp3) is 0.0714. The first-order valence-corrected chi connectivity index (χ1v) is 7.23. The highest BCUT2D eigenvalue weighted by Gasteiger charge is 2.22. The third-order valence-electron chi connectivity index (χ3n) is 3.02. The Morgan fingerprint density at radius 2 is 2.00 bits per heavy atom. The molecule has 0 aliphatic carbocycles. The number of hydroxylamine groups is 1. The number of hydrogen-bond acceptors (Lipinski definition) is 4. The Morgan fingerprint density at radius 3 is 2.75 bits per heavy atom.